The normalized spacial score (nSPS) is 18.7. The molecule has 1 saturated carbocycles. The van der Waals surface area contributed by atoms with Crippen LogP contribution < -0.4 is 5.32 Å². The van der Waals surface area contributed by atoms with Crippen LogP contribution in [0, 0.1) is 11.2 Å². The van der Waals surface area contributed by atoms with Crippen LogP contribution in [-0.4, -0.2) is 12.1 Å². The fourth-order valence-corrected chi connectivity index (χ4v) is 3.03. The average molecular weight is 263 g/mol. The molecule has 1 N–H and O–H groups in total. The Hall–Kier alpha value is -0.890. The summed E-state index contributed by atoms with van der Waals surface area (Å²) in [6.07, 6.45) is 6.29. The lowest BCUT2D eigenvalue weighted by atomic mass is 9.79. The van der Waals surface area contributed by atoms with Crippen molar-refractivity contribution in [3.8, 4) is 0 Å². The Morgan fingerprint density at radius 3 is 2.21 bits per heavy atom. The van der Waals surface area contributed by atoms with Gasteiger partial charge < -0.3 is 5.32 Å². The van der Waals surface area contributed by atoms with Crippen LogP contribution >= 0.6 is 0 Å². The molecule has 0 atom stereocenters. The molecule has 0 heterocycles. The number of benzene rings is 1. The number of hydrogen-bond donors (Lipinski definition) is 1. The lowest BCUT2D eigenvalue weighted by Crippen LogP contribution is -2.43. The summed E-state index contributed by atoms with van der Waals surface area (Å²) >= 11 is 0. The van der Waals surface area contributed by atoms with Crippen LogP contribution in [0.2, 0.25) is 0 Å². The van der Waals surface area contributed by atoms with Gasteiger partial charge in [0.15, 0.2) is 0 Å². The van der Waals surface area contributed by atoms with Gasteiger partial charge in [-0.2, -0.15) is 0 Å². The van der Waals surface area contributed by atoms with Gasteiger partial charge in [-0.15, -0.1) is 0 Å². The first-order valence-electron chi connectivity index (χ1n) is 7.38. The van der Waals surface area contributed by atoms with Crippen molar-refractivity contribution in [1.82, 2.24) is 5.32 Å². The van der Waals surface area contributed by atoms with Crippen LogP contribution in [0.5, 0.6) is 0 Å². The van der Waals surface area contributed by atoms with Crippen molar-refractivity contribution in [2.45, 2.75) is 58.4 Å². The lowest BCUT2D eigenvalue weighted by molar-refractivity contribution is 0.245. The van der Waals surface area contributed by atoms with Crippen molar-refractivity contribution >= 4 is 0 Å². The summed E-state index contributed by atoms with van der Waals surface area (Å²) in [5.41, 5.74) is 1.79. The Morgan fingerprint density at radius 1 is 1.11 bits per heavy atom. The molecule has 0 amide bonds. The maximum absolute atomic E-state index is 13.0. The zero-order valence-electron chi connectivity index (χ0n) is 12.4. The Bertz CT molecular complexity index is 396. The van der Waals surface area contributed by atoms with Crippen molar-refractivity contribution in [1.29, 1.82) is 0 Å². The highest BCUT2D eigenvalue weighted by Gasteiger charge is 2.34. The molecule has 1 fully saturated rings. The number of nitrogens with one attached hydrogen (secondary N) is 1. The summed E-state index contributed by atoms with van der Waals surface area (Å²) in [6.45, 7) is 7.71. The molecule has 0 unspecified atom stereocenters. The largest absolute Gasteiger partial charge is 0.312 e. The van der Waals surface area contributed by atoms with E-state index in [1.165, 1.54) is 31.2 Å². The maximum atomic E-state index is 13.0. The van der Waals surface area contributed by atoms with Gasteiger partial charge in [0.25, 0.3) is 0 Å². The first kappa shape index (κ1) is 14.5. The SMILES string of the molecule is CC(C)(C)NCC1(Cc2ccc(F)cc2)CCCC1. The quantitative estimate of drug-likeness (QED) is 0.853. The third-order valence-corrected chi connectivity index (χ3v) is 4.15. The second-order valence-electron chi connectivity index (χ2n) is 7.11. The van der Waals surface area contributed by atoms with Crippen molar-refractivity contribution in [2.24, 2.45) is 5.41 Å². The van der Waals surface area contributed by atoms with Gasteiger partial charge in [-0.1, -0.05) is 25.0 Å². The monoisotopic (exact) mass is 263 g/mol. The van der Waals surface area contributed by atoms with Crippen LogP contribution in [0.4, 0.5) is 4.39 Å². The molecule has 0 aliphatic heterocycles. The highest BCUT2D eigenvalue weighted by atomic mass is 19.1. The van der Waals surface area contributed by atoms with Crippen LogP contribution in [-0.2, 0) is 6.42 Å². The summed E-state index contributed by atoms with van der Waals surface area (Å²) < 4.78 is 13.0. The summed E-state index contributed by atoms with van der Waals surface area (Å²) in [7, 11) is 0. The predicted octanol–water partition coefficient (Wildman–Crippen LogP) is 4.32. The molecule has 0 bridgehead atoms. The molecular formula is C17H26FN. The maximum Gasteiger partial charge on any atom is 0.123 e. The summed E-state index contributed by atoms with van der Waals surface area (Å²) in [4.78, 5) is 0. The molecule has 2 rings (SSSR count). The summed E-state index contributed by atoms with van der Waals surface area (Å²) in [5, 5.41) is 3.66. The number of hydrogen-bond acceptors (Lipinski definition) is 1. The molecule has 0 radical (unpaired) electrons. The molecule has 1 aliphatic rings. The topological polar surface area (TPSA) is 12.0 Å². The molecular weight excluding hydrogens is 237 g/mol. The van der Waals surface area contributed by atoms with Crippen molar-refractivity contribution < 1.29 is 4.39 Å². The molecule has 1 nitrogen and oxygen atoms in total. The first-order chi connectivity index (χ1) is 8.89. The lowest BCUT2D eigenvalue weighted by Gasteiger charge is -2.33. The fourth-order valence-electron chi connectivity index (χ4n) is 3.03. The minimum absolute atomic E-state index is 0.142. The van der Waals surface area contributed by atoms with Gasteiger partial charge in [0.05, 0.1) is 0 Å². The molecule has 1 aromatic rings. The van der Waals surface area contributed by atoms with Gasteiger partial charge in [-0.05, 0) is 63.1 Å². The average Bonchev–Trinajstić information content (AvgIpc) is 2.78. The van der Waals surface area contributed by atoms with E-state index in [1.807, 2.05) is 12.1 Å². The van der Waals surface area contributed by atoms with Gasteiger partial charge >= 0.3 is 0 Å². The van der Waals surface area contributed by atoms with Gasteiger partial charge in [0.1, 0.15) is 5.82 Å². The highest BCUT2D eigenvalue weighted by molar-refractivity contribution is 5.18. The molecule has 106 valence electrons. The molecule has 0 aromatic heterocycles. The van der Waals surface area contributed by atoms with Gasteiger partial charge in [0, 0.05) is 12.1 Å². The van der Waals surface area contributed by atoms with Crippen molar-refractivity contribution in [3.05, 3.63) is 35.6 Å². The van der Waals surface area contributed by atoms with E-state index >= 15 is 0 Å². The van der Waals surface area contributed by atoms with Crippen LogP contribution in [0.3, 0.4) is 0 Å². The number of halogens is 1. The van der Waals surface area contributed by atoms with E-state index < -0.39 is 0 Å². The summed E-state index contributed by atoms with van der Waals surface area (Å²) in [6, 6.07) is 7.03. The molecule has 1 aromatic carbocycles. The molecule has 2 heteroatoms. The van der Waals surface area contributed by atoms with Crippen LogP contribution in [0.1, 0.15) is 52.0 Å². The van der Waals surface area contributed by atoms with Crippen molar-refractivity contribution in [2.75, 3.05) is 6.54 Å². The van der Waals surface area contributed by atoms with Gasteiger partial charge in [-0.3, -0.25) is 0 Å². The van der Waals surface area contributed by atoms with E-state index in [2.05, 4.69) is 26.1 Å². The Kier molecular flexibility index (Phi) is 4.29. The minimum atomic E-state index is -0.142. The highest BCUT2D eigenvalue weighted by Crippen LogP contribution is 2.40. The van der Waals surface area contributed by atoms with E-state index in [-0.39, 0.29) is 11.4 Å². The summed E-state index contributed by atoms with van der Waals surface area (Å²) in [5.74, 6) is -0.142. The van der Waals surface area contributed by atoms with Gasteiger partial charge in [-0.25, -0.2) is 4.39 Å². The first-order valence-corrected chi connectivity index (χ1v) is 7.38. The van der Waals surface area contributed by atoms with E-state index in [1.54, 1.807) is 12.1 Å². The van der Waals surface area contributed by atoms with E-state index in [0.717, 1.165) is 13.0 Å². The second-order valence-corrected chi connectivity index (χ2v) is 7.11. The fraction of sp³-hybridized carbons (Fsp3) is 0.647. The minimum Gasteiger partial charge on any atom is -0.312 e. The van der Waals surface area contributed by atoms with Crippen LogP contribution in [0.25, 0.3) is 0 Å². The standard InChI is InChI=1S/C17H26FN/c1-16(2,3)19-13-17(10-4-5-11-17)12-14-6-8-15(18)9-7-14/h6-9,19H,4-5,10-13H2,1-3H3. The zero-order valence-corrected chi connectivity index (χ0v) is 12.4. The van der Waals surface area contributed by atoms with E-state index in [0.29, 0.717) is 5.41 Å². The number of rotatable bonds is 4. The zero-order chi connectivity index (χ0) is 13.9. The van der Waals surface area contributed by atoms with Gasteiger partial charge in [0.2, 0.25) is 0 Å². The van der Waals surface area contributed by atoms with E-state index in [9.17, 15) is 4.39 Å². The smallest absolute Gasteiger partial charge is 0.123 e. The molecule has 0 saturated heterocycles. The Morgan fingerprint density at radius 2 is 1.68 bits per heavy atom. The van der Waals surface area contributed by atoms with Crippen molar-refractivity contribution in [3.63, 3.8) is 0 Å². The molecule has 1 aliphatic carbocycles. The predicted molar refractivity (Wildman–Crippen MR) is 78.8 cm³/mol. The Balaban J connectivity index is 2.05. The molecule has 19 heavy (non-hydrogen) atoms. The third-order valence-electron chi connectivity index (χ3n) is 4.15. The molecule has 0 spiro atoms. The van der Waals surface area contributed by atoms with E-state index in [4.69, 9.17) is 0 Å². The second kappa shape index (κ2) is 5.62. The third kappa shape index (κ3) is 4.31. The van der Waals surface area contributed by atoms with Crippen LogP contribution in [0.15, 0.2) is 24.3 Å². The Labute approximate surface area is 116 Å².